The van der Waals surface area contributed by atoms with Gasteiger partial charge in [0.1, 0.15) is 4.21 Å². The molecular formula is C16H19ClF3NO3S2. The number of thiophene rings is 1. The third kappa shape index (κ3) is 4.89. The molecule has 0 fully saturated rings. The van der Waals surface area contributed by atoms with E-state index in [1.807, 2.05) is 0 Å². The Morgan fingerprint density at radius 3 is 2.54 bits per heavy atom. The van der Waals surface area contributed by atoms with Crippen molar-refractivity contribution in [3.8, 4) is 0 Å². The van der Waals surface area contributed by atoms with Crippen LogP contribution in [0.2, 0.25) is 5.02 Å². The lowest BCUT2D eigenvalue weighted by Crippen LogP contribution is -2.44. The summed E-state index contributed by atoms with van der Waals surface area (Å²) >= 11 is 6.95. The van der Waals surface area contributed by atoms with Crippen molar-refractivity contribution in [2.45, 2.75) is 43.1 Å². The minimum absolute atomic E-state index is 0.00933. The molecule has 0 aliphatic heterocycles. The molecule has 0 amide bonds. The number of halogens is 4. The van der Waals surface area contributed by atoms with E-state index in [-0.39, 0.29) is 10.6 Å². The summed E-state index contributed by atoms with van der Waals surface area (Å²) < 4.78 is 66.6. The summed E-state index contributed by atoms with van der Waals surface area (Å²) in [6, 6.07) is 3.75. The van der Waals surface area contributed by atoms with Gasteiger partial charge in [0.2, 0.25) is 0 Å². The first kappa shape index (κ1) is 21.4. The summed E-state index contributed by atoms with van der Waals surface area (Å²) in [7, 11) is -4.09. The molecule has 2 atom stereocenters. The first-order chi connectivity index (χ1) is 12.0. The van der Waals surface area contributed by atoms with Crippen LogP contribution in [0.15, 0.2) is 22.4 Å². The maximum atomic E-state index is 12.7. The summed E-state index contributed by atoms with van der Waals surface area (Å²) in [5.74, 6) is -1.06. The molecule has 0 spiro atoms. The van der Waals surface area contributed by atoms with E-state index in [1.54, 1.807) is 25.1 Å². The summed E-state index contributed by atoms with van der Waals surface area (Å²) in [4.78, 5) is 0. The standard InChI is InChI=1S/C16H19ClF3NO3S2/c1-3-10(7-16(18,19)20)13(8-22)21-26(23,24)15-9(2)12-6-11(17)4-5-14(12)25-15/h4-6,10,13,21-22H,3,7-8H2,1-2H3/t10?,13-/m1/s1. The number of sulfonamides is 1. The molecule has 0 aliphatic carbocycles. The van der Waals surface area contributed by atoms with Gasteiger partial charge in [-0.05, 0) is 42.0 Å². The summed E-state index contributed by atoms with van der Waals surface area (Å²) in [6.45, 7) is 2.42. The van der Waals surface area contributed by atoms with Crippen molar-refractivity contribution in [3.05, 3.63) is 28.8 Å². The zero-order chi connectivity index (χ0) is 19.7. The average Bonchev–Trinajstić information content (AvgIpc) is 2.87. The van der Waals surface area contributed by atoms with Crippen LogP contribution in [0.3, 0.4) is 0 Å². The van der Waals surface area contributed by atoms with E-state index in [4.69, 9.17) is 11.6 Å². The highest BCUT2D eigenvalue weighted by atomic mass is 35.5. The van der Waals surface area contributed by atoms with Gasteiger partial charge in [-0.3, -0.25) is 0 Å². The van der Waals surface area contributed by atoms with E-state index >= 15 is 0 Å². The van der Waals surface area contributed by atoms with Crippen LogP contribution in [0.25, 0.3) is 10.1 Å². The topological polar surface area (TPSA) is 66.4 Å². The van der Waals surface area contributed by atoms with Crippen molar-refractivity contribution < 1.29 is 26.7 Å². The quantitative estimate of drug-likeness (QED) is 0.681. The molecule has 0 saturated carbocycles. The molecule has 1 aromatic carbocycles. The fraction of sp³-hybridized carbons (Fsp3) is 0.500. The summed E-state index contributed by atoms with van der Waals surface area (Å²) in [5.41, 5.74) is 0.473. The minimum atomic E-state index is -4.44. The van der Waals surface area contributed by atoms with Crippen LogP contribution < -0.4 is 4.72 Å². The minimum Gasteiger partial charge on any atom is -0.395 e. The fourth-order valence-corrected chi connectivity index (χ4v) is 6.06. The van der Waals surface area contributed by atoms with Crippen molar-refractivity contribution >= 4 is 43.0 Å². The molecule has 1 unspecified atom stereocenters. The van der Waals surface area contributed by atoms with Crippen LogP contribution in [-0.4, -0.2) is 32.3 Å². The Hall–Kier alpha value is -0.870. The average molecular weight is 430 g/mol. The van der Waals surface area contributed by atoms with Crippen LogP contribution in [0.4, 0.5) is 13.2 Å². The van der Waals surface area contributed by atoms with Gasteiger partial charge in [0.05, 0.1) is 6.61 Å². The monoisotopic (exact) mass is 429 g/mol. The maximum absolute atomic E-state index is 12.7. The number of hydrogen-bond donors (Lipinski definition) is 2. The number of hydrogen-bond acceptors (Lipinski definition) is 4. The van der Waals surface area contributed by atoms with E-state index in [2.05, 4.69) is 4.72 Å². The molecule has 10 heteroatoms. The van der Waals surface area contributed by atoms with Gasteiger partial charge < -0.3 is 5.11 Å². The summed E-state index contributed by atoms with van der Waals surface area (Å²) in [6.07, 6.45) is -5.53. The molecular weight excluding hydrogens is 411 g/mol. The molecule has 0 saturated heterocycles. The van der Waals surface area contributed by atoms with Gasteiger partial charge >= 0.3 is 6.18 Å². The van der Waals surface area contributed by atoms with Gasteiger partial charge in [0, 0.05) is 22.2 Å². The van der Waals surface area contributed by atoms with Gasteiger partial charge in [-0.15, -0.1) is 11.3 Å². The van der Waals surface area contributed by atoms with Gasteiger partial charge in [0.15, 0.2) is 0 Å². The number of rotatable bonds is 7. The van der Waals surface area contributed by atoms with Crippen molar-refractivity contribution in [2.75, 3.05) is 6.61 Å². The molecule has 0 bridgehead atoms. The molecule has 26 heavy (non-hydrogen) atoms. The third-order valence-corrected chi connectivity index (χ3v) is 7.81. The predicted molar refractivity (Wildman–Crippen MR) is 97.2 cm³/mol. The Labute approximate surface area is 159 Å². The van der Waals surface area contributed by atoms with Crippen molar-refractivity contribution in [3.63, 3.8) is 0 Å². The predicted octanol–water partition coefficient (Wildman–Crippen LogP) is 4.48. The first-order valence-electron chi connectivity index (χ1n) is 7.87. The summed E-state index contributed by atoms with van der Waals surface area (Å²) in [5, 5.41) is 10.6. The number of nitrogens with one attached hydrogen (secondary N) is 1. The Bertz CT molecular complexity index is 881. The van der Waals surface area contributed by atoms with Crippen LogP contribution in [0.5, 0.6) is 0 Å². The van der Waals surface area contributed by atoms with E-state index in [0.717, 1.165) is 11.3 Å². The highest BCUT2D eigenvalue weighted by Gasteiger charge is 2.36. The molecule has 2 N–H and O–H groups in total. The van der Waals surface area contributed by atoms with E-state index in [0.29, 0.717) is 20.7 Å². The molecule has 0 radical (unpaired) electrons. The van der Waals surface area contributed by atoms with Gasteiger partial charge in [-0.25, -0.2) is 13.1 Å². The normalized spacial score (nSPS) is 15.3. The lowest BCUT2D eigenvalue weighted by molar-refractivity contribution is -0.147. The Kier molecular flexibility index (Phi) is 6.61. The lowest BCUT2D eigenvalue weighted by Gasteiger charge is -2.26. The molecule has 2 rings (SSSR count). The zero-order valence-corrected chi connectivity index (χ0v) is 16.5. The highest BCUT2D eigenvalue weighted by molar-refractivity contribution is 7.91. The number of fused-ring (bicyclic) bond motifs is 1. The second-order valence-corrected chi connectivity index (χ2v) is 9.45. The van der Waals surface area contributed by atoms with Crippen LogP contribution >= 0.6 is 22.9 Å². The molecule has 1 aromatic heterocycles. The molecule has 1 heterocycles. The number of aryl methyl sites for hydroxylation is 1. The largest absolute Gasteiger partial charge is 0.395 e. The van der Waals surface area contributed by atoms with E-state index in [1.165, 1.54) is 6.92 Å². The lowest BCUT2D eigenvalue weighted by atomic mass is 9.94. The smallest absolute Gasteiger partial charge is 0.389 e. The van der Waals surface area contributed by atoms with Crippen molar-refractivity contribution in [1.29, 1.82) is 0 Å². The third-order valence-electron chi connectivity index (χ3n) is 4.19. The van der Waals surface area contributed by atoms with Crippen molar-refractivity contribution in [2.24, 2.45) is 5.92 Å². The van der Waals surface area contributed by atoms with Gasteiger partial charge in [-0.2, -0.15) is 13.2 Å². The van der Waals surface area contributed by atoms with Crippen LogP contribution in [0.1, 0.15) is 25.3 Å². The number of aliphatic hydroxyl groups excluding tert-OH is 1. The van der Waals surface area contributed by atoms with Crippen molar-refractivity contribution in [1.82, 2.24) is 4.72 Å². The van der Waals surface area contributed by atoms with Gasteiger partial charge in [0.25, 0.3) is 10.0 Å². The Morgan fingerprint density at radius 1 is 1.35 bits per heavy atom. The fourth-order valence-electron chi connectivity index (χ4n) is 2.83. The van der Waals surface area contributed by atoms with Gasteiger partial charge in [-0.1, -0.05) is 24.9 Å². The molecule has 4 nitrogen and oxygen atoms in total. The number of aliphatic hydroxyl groups is 1. The Balaban J connectivity index is 2.36. The SMILES string of the molecule is CCC(CC(F)(F)F)[C@@H](CO)NS(=O)(=O)c1sc2ccc(Cl)cc2c1C. The molecule has 0 aliphatic rings. The van der Waals surface area contributed by atoms with E-state index in [9.17, 15) is 26.7 Å². The van der Waals surface area contributed by atoms with Crippen LogP contribution in [0, 0.1) is 12.8 Å². The second-order valence-electron chi connectivity index (χ2n) is 6.05. The molecule has 2 aromatic rings. The first-order valence-corrected chi connectivity index (χ1v) is 10.5. The number of benzene rings is 1. The second kappa shape index (κ2) is 8.02. The van der Waals surface area contributed by atoms with E-state index < -0.39 is 41.2 Å². The van der Waals surface area contributed by atoms with Crippen LogP contribution in [-0.2, 0) is 10.0 Å². The zero-order valence-electron chi connectivity index (χ0n) is 14.1. The molecule has 146 valence electrons. The Morgan fingerprint density at radius 2 is 2.00 bits per heavy atom. The maximum Gasteiger partial charge on any atom is 0.389 e. The number of alkyl halides is 3. The highest BCUT2D eigenvalue weighted by Crippen LogP contribution is 2.36.